The van der Waals surface area contributed by atoms with Crippen molar-refractivity contribution in [3.8, 4) is 0 Å². The van der Waals surface area contributed by atoms with Gasteiger partial charge in [0.05, 0.1) is 6.04 Å². The number of anilines is 2. The minimum atomic E-state index is -1.31. The van der Waals surface area contributed by atoms with E-state index in [0.717, 1.165) is 37.0 Å². The summed E-state index contributed by atoms with van der Waals surface area (Å²) in [6, 6.07) is 21.6. The predicted molar refractivity (Wildman–Crippen MR) is 125 cm³/mol. The Morgan fingerprint density at radius 2 is 1.25 bits per heavy atom. The van der Waals surface area contributed by atoms with Crippen molar-refractivity contribution < 1.29 is 5.11 Å². The summed E-state index contributed by atoms with van der Waals surface area (Å²) < 4.78 is 2.01. The molecule has 3 aromatic rings. The summed E-state index contributed by atoms with van der Waals surface area (Å²) in [6.07, 6.45) is 0. The Morgan fingerprint density at radius 3 is 1.75 bits per heavy atom. The maximum Gasteiger partial charge on any atom is 0.182 e. The number of aliphatic hydroxyl groups is 1. The molecule has 0 saturated carbocycles. The smallest absolute Gasteiger partial charge is 0.182 e. The number of rotatable bonds is 6. The number of hydrogen-bond acceptors (Lipinski definition) is 3. The molecule has 3 nitrogen and oxygen atoms in total. The van der Waals surface area contributed by atoms with E-state index >= 15 is 0 Å². The fourth-order valence-electron chi connectivity index (χ4n) is 3.28. The van der Waals surface area contributed by atoms with E-state index < -0.39 is 5.72 Å². The SMILES string of the molecule is Cc1cc(C)cc(C(O)(Nc2ccc(Br)cc2)C(C)Nc2ccc(Br)cc2)c1. The van der Waals surface area contributed by atoms with Crippen molar-refractivity contribution in [2.24, 2.45) is 0 Å². The number of aryl methyl sites for hydroxylation is 2. The van der Waals surface area contributed by atoms with Gasteiger partial charge < -0.3 is 15.7 Å². The monoisotopic (exact) mass is 502 g/mol. The van der Waals surface area contributed by atoms with Gasteiger partial charge in [0, 0.05) is 25.9 Å². The molecule has 3 rings (SSSR count). The molecule has 0 spiro atoms. The van der Waals surface area contributed by atoms with Gasteiger partial charge in [0.1, 0.15) is 0 Å². The Balaban J connectivity index is 1.99. The minimum Gasteiger partial charge on any atom is -0.377 e. The van der Waals surface area contributed by atoms with Crippen LogP contribution in [0.4, 0.5) is 11.4 Å². The summed E-state index contributed by atoms with van der Waals surface area (Å²) >= 11 is 6.92. The molecule has 0 aromatic heterocycles. The molecular formula is C23H24Br2N2O. The van der Waals surface area contributed by atoms with Gasteiger partial charge in [-0.05, 0) is 69.3 Å². The highest BCUT2D eigenvalue weighted by molar-refractivity contribution is 9.10. The maximum absolute atomic E-state index is 11.8. The van der Waals surface area contributed by atoms with Gasteiger partial charge in [-0.25, -0.2) is 0 Å². The molecule has 0 fully saturated rings. The molecule has 3 N–H and O–H groups in total. The standard InChI is InChI=1S/C23H24Br2N2O/c1-15-12-16(2)14-18(13-15)23(28,27-22-10-6-20(25)7-11-22)17(3)26-21-8-4-19(24)5-9-21/h4-14,17,26-28H,1-3H3. The zero-order valence-electron chi connectivity index (χ0n) is 16.1. The highest BCUT2D eigenvalue weighted by Crippen LogP contribution is 2.31. The summed E-state index contributed by atoms with van der Waals surface area (Å²) in [7, 11) is 0. The number of halogens is 2. The lowest BCUT2D eigenvalue weighted by molar-refractivity contribution is 0.0515. The van der Waals surface area contributed by atoms with Crippen LogP contribution < -0.4 is 10.6 Å². The van der Waals surface area contributed by atoms with E-state index in [2.05, 4.69) is 48.6 Å². The molecule has 0 radical (unpaired) electrons. The van der Waals surface area contributed by atoms with Crippen molar-refractivity contribution in [3.63, 3.8) is 0 Å². The second-order valence-corrected chi connectivity index (χ2v) is 8.98. The average molecular weight is 504 g/mol. The van der Waals surface area contributed by atoms with Crippen LogP contribution in [0.2, 0.25) is 0 Å². The molecule has 0 saturated heterocycles. The lowest BCUT2D eigenvalue weighted by Crippen LogP contribution is -2.49. The van der Waals surface area contributed by atoms with Crippen LogP contribution in [0.1, 0.15) is 23.6 Å². The minimum absolute atomic E-state index is 0.307. The summed E-state index contributed by atoms with van der Waals surface area (Å²) in [5, 5.41) is 18.6. The van der Waals surface area contributed by atoms with Crippen LogP contribution in [0.15, 0.2) is 75.7 Å². The van der Waals surface area contributed by atoms with Crippen LogP contribution in [0, 0.1) is 13.8 Å². The van der Waals surface area contributed by atoms with E-state index in [9.17, 15) is 5.11 Å². The molecular weight excluding hydrogens is 480 g/mol. The fourth-order valence-corrected chi connectivity index (χ4v) is 3.81. The molecule has 0 aliphatic rings. The Bertz CT molecular complexity index is 922. The lowest BCUT2D eigenvalue weighted by Gasteiger charge is -2.37. The zero-order valence-corrected chi connectivity index (χ0v) is 19.3. The van der Waals surface area contributed by atoms with E-state index in [1.165, 1.54) is 0 Å². The van der Waals surface area contributed by atoms with Gasteiger partial charge in [-0.3, -0.25) is 0 Å². The average Bonchev–Trinajstić information content (AvgIpc) is 2.64. The second-order valence-electron chi connectivity index (χ2n) is 7.15. The van der Waals surface area contributed by atoms with E-state index in [0.29, 0.717) is 0 Å². The first-order valence-corrected chi connectivity index (χ1v) is 10.7. The zero-order chi connectivity index (χ0) is 20.3. The van der Waals surface area contributed by atoms with E-state index in [1.807, 2.05) is 81.4 Å². The Kier molecular flexibility index (Phi) is 6.48. The topological polar surface area (TPSA) is 44.3 Å². The molecule has 0 heterocycles. The summed E-state index contributed by atoms with van der Waals surface area (Å²) in [4.78, 5) is 0. The molecule has 2 unspecified atom stereocenters. The Morgan fingerprint density at radius 1 is 0.786 bits per heavy atom. The van der Waals surface area contributed by atoms with Crippen molar-refractivity contribution in [1.29, 1.82) is 0 Å². The van der Waals surface area contributed by atoms with Gasteiger partial charge in [-0.15, -0.1) is 0 Å². The van der Waals surface area contributed by atoms with Crippen molar-refractivity contribution in [1.82, 2.24) is 0 Å². The second kappa shape index (κ2) is 8.68. The van der Waals surface area contributed by atoms with E-state index in [1.54, 1.807) is 0 Å². The van der Waals surface area contributed by atoms with E-state index in [4.69, 9.17) is 0 Å². The van der Waals surface area contributed by atoms with Crippen molar-refractivity contribution in [2.75, 3.05) is 10.6 Å². The molecule has 28 heavy (non-hydrogen) atoms. The number of benzene rings is 3. The maximum atomic E-state index is 11.8. The van der Waals surface area contributed by atoms with Crippen LogP contribution in [0.25, 0.3) is 0 Å². The first-order valence-electron chi connectivity index (χ1n) is 9.13. The largest absolute Gasteiger partial charge is 0.377 e. The summed E-state index contributed by atoms with van der Waals surface area (Å²) in [5.74, 6) is 0. The summed E-state index contributed by atoms with van der Waals surface area (Å²) in [6.45, 7) is 6.07. The van der Waals surface area contributed by atoms with Gasteiger partial charge in [0.25, 0.3) is 0 Å². The molecule has 5 heteroatoms. The van der Waals surface area contributed by atoms with Gasteiger partial charge in [-0.2, -0.15) is 0 Å². The normalized spacial score (nSPS) is 14.2. The number of nitrogens with one attached hydrogen (secondary N) is 2. The van der Waals surface area contributed by atoms with Crippen LogP contribution >= 0.6 is 31.9 Å². The highest BCUT2D eigenvalue weighted by atomic mass is 79.9. The van der Waals surface area contributed by atoms with Gasteiger partial charge >= 0.3 is 0 Å². The van der Waals surface area contributed by atoms with Crippen LogP contribution in [-0.4, -0.2) is 11.1 Å². The quantitative estimate of drug-likeness (QED) is 0.332. The van der Waals surface area contributed by atoms with Crippen molar-refractivity contribution in [2.45, 2.75) is 32.5 Å². The number of hydrogen-bond donors (Lipinski definition) is 3. The van der Waals surface area contributed by atoms with Crippen LogP contribution in [0.5, 0.6) is 0 Å². The molecule has 2 atom stereocenters. The first kappa shape index (κ1) is 20.9. The lowest BCUT2D eigenvalue weighted by atomic mass is 9.92. The Labute approximate surface area is 183 Å². The third-order valence-corrected chi connectivity index (χ3v) is 5.75. The van der Waals surface area contributed by atoms with Crippen molar-refractivity contribution in [3.05, 3.63) is 92.4 Å². The third-order valence-electron chi connectivity index (χ3n) is 4.69. The van der Waals surface area contributed by atoms with Crippen molar-refractivity contribution >= 4 is 43.2 Å². The molecule has 0 aliphatic carbocycles. The Hall–Kier alpha value is -1.82. The van der Waals surface area contributed by atoms with E-state index in [-0.39, 0.29) is 6.04 Å². The molecule has 0 amide bonds. The van der Waals surface area contributed by atoms with Crippen LogP contribution in [-0.2, 0) is 5.72 Å². The fraction of sp³-hybridized carbons (Fsp3) is 0.217. The molecule has 3 aromatic carbocycles. The molecule has 0 aliphatic heterocycles. The summed E-state index contributed by atoms with van der Waals surface area (Å²) in [5.41, 5.74) is 3.52. The highest BCUT2D eigenvalue weighted by Gasteiger charge is 2.36. The molecule has 146 valence electrons. The van der Waals surface area contributed by atoms with Gasteiger partial charge in [0.15, 0.2) is 5.72 Å². The van der Waals surface area contributed by atoms with Crippen LogP contribution in [0.3, 0.4) is 0 Å². The predicted octanol–water partition coefficient (Wildman–Crippen LogP) is 6.59. The third kappa shape index (κ3) is 4.96. The molecule has 0 bridgehead atoms. The first-order chi connectivity index (χ1) is 13.3. The van der Waals surface area contributed by atoms with Gasteiger partial charge in [-0.1, -0.05) is 61.2 Å². The van der Waals surface area contributed by atoms with Gasteiger partial charge in [0.2, 0.25) is 0 Å².